The first-order chi connectivity index (χ1) is 6.08. The van der Waals surface area contributed by atoms with Gasteiger partial charge in [0, 0.05) is 11.1 Å². The molecule has 0 heterocycles. The molecular formula is C12H28N2. The van der Waals surface area contributed by atoms with Crippen LogP contribution in [0.1, 0.15) is 60.8 Å². The lowest BCUT2D eigenvalue weighted by molar-refractivity contribution is 0.114. The Labute approximate surface area is 89.4 Å². The largest absolute Gasteiger partial charge is 0.325 e. The van der Waals surface area contributed by atoms with Crippen LogP contribution in [-0.4, -0.2) is 11.1 Å². The molecule has 4 N–H and O–H groups in total. The maximum Gasteiger partial charge on any atom is 0.0152 e. The Hall–Kier alpha value is -0.0800. The van der Waals surface area contributed by atoms with Crippen LogP contribution in [0.2, 0.25) is 0 Å². The SMILES string of the molecule is CCC(C)(N)CC(C)(CC)C(C)(C)N. The lowest BCUT2D eigenvalue weighted by Gasteiger charge is -2.45. The van der Waals surface area contributed by atoms with Gasteiger partial charge in [0.05, 0.1) is 0 Å². The minimum atomic E-state index is -0.169. The van der Waals surface area contributed by atoms with Crippen molar-refractivity contribution in [3.63, 3.8) is 0 Å². The second kappa shape index (κ2) is 4.19. The van der Waals surface area contributed by atoms with Crippen molar-refractivity contribution in [1.29, 1.82) is 0 Å². The molecule has 0 saturated heterocycles. The van der Waals surface area contributed by atoms with Gasteiger partial charge in [-0.2, -0.15) is 0 Å². The Kier molecular flexibility index (Phi) is 4.17. The fourth-order valence-corrected chi connectivity index (χ4v) is 1.82. The molecule has 86 valence electrons. The fraction of sp³-hybridized carbons (Fsp3) is 1.00. The Morgan fingerprint density at radius 2 is 1.29 bits per heavy atom. The van der Waals surface area contributed by atoms with Gasteiger partial charge in [0.2, 0.25) is 0 Å². The molecular weight excluding hydrogens is 172 g/mol. The highest BCUT2D eigenvalue weighted by Crippen LogP contribution is 2.40. The minimum absolute atomic E-state index is 0.0958. The lowest BCUT2D eigenvalue weighted by Crippen LogP contribution is -2.54. The summed E-state index contributed by atoms with van der Waals surface area (Å²) in [6, 6.07) is 0. The van der Waals surface area contributed by atoms with Crippen molar-refractivity contribution in [3.05, 3.63) is 0 Å². The first-order valence-electron chi connectivity index (χ1n) is 5.66. The van der Waals surface area contributed by atoms with Crippen molar-refractivity contribution in [1.82, 2.24) is 0 Å². The molecule has 0 fully saturated rings. The number of nitrogens with two attached hydrogens (primary N) is 2. The summed E-state index contributed by atoms with van der Waals surface area (Å²) in [5.74, 6) is 0. The summed E-state index contributed by atoms with van der Waals surface area (Å²) in [6.07, 6.45) is 3.05. The van der Waals surface area contributed by atoms with Gasteiger partial charge in [0.25, 0.3) is 0 Å². The van der Waals surface area contributed by atoms with Gasteiger partial charge in [-0.3, -0.25) is 0 Å². The highest BCUT2D eigenvalue weighted by Gasteiger charge is 2.40. The van der Waals surface area contributed by atoms with Crippen molar-refractivity contribution < 1.29 is 0 Å². The zero-order valence-electron chi connectivity index (χ0n) is 10.8. The molecule has 0 aliphatic carbocycles. The summed E-state index contributed by atoms with van der Waals surface area (Å²) in [5, 5.41) is 0. The smallest absolute Gasteiger partial charge is 0.0152 e. The molecule has 0 aromatic rings. The zero-order chi connectivity index (χ0) is 11.6. The Bertz CT molecular complexity index is 179. The predicted molar refractivity (Wildman–Crippen MR) is 64.2 cm³/mol. The van der Waals surface area contributed by atoms with E-state index in [1.165, 1.54) is 0 Å². The third kappa shape index (κ3) is 3.25. The number of hydrogen-bond acceptors (Lipinski definition) is 2. The molecule has 2 unspecified atom stereocenters. The molecule has 0 bridgehead atoms. The van der Waals surface area contributed by atoms with Gasteiger partial charge in [-0.15, -0.1) is 0 Å². The molecule has 0 aromatic heterocycles. The molecule has 0 aliphatic heterocycles. The van der Waals surface area contributed by atoms with Crippen LogP contribution in [-0.2, 0) is 0 Å². The third-order valence-electron chi connectivity index (χ3n) is 3.94. The van der Waals surface area contributed by atoms with Crippen LogP contribution in [0, 0.1) is 5.41 Å². The van der Waals surface area contributed by atoms with Crippen molar-refractivity contribution >= 4 is 0 Å². The van der Waals surface area contributed by atoms with Crippen LogP contribution >= 0.6 is 0 Å². The third-order valence-corrected chi connectivity index (χ3v) is 3.94. The van der Waals surface area contributed by atoms with E-state index in [0.717, 1.165) is 19.3 Å². The molecule has 2 heteroatoms. The molecule has 0 radical (unpaired) electrons. The lowest BCUT2D eigenvalue weighted by atomic mass is 9.65. The molecule has 0 rings (SSSR count). The summed E-state index contributed by atoms with van der Waals surface area (Å²) in [6.45, 7) is 12.9. The first-order valence-corrected chi connectivity index (χ1v) is 5.66. The van der Waals surface area contributed by atoms with E-state index in [4.69, 9.17) is 11.5 Å². The van der Waals surface area contributed by atoms with E-state index >= 15 is 0 Å². The molecule has 0 aliphatic rings. The monoisotopic (exact) mass is 200 g/mol. The molecule has 0 saturated carbocycles. The normalized spacial score (nSPS) is 21.4. The summed E-state index contributed by atoms with van der Waals surface area (Å²) < 4.78 is 0. The van der Waals surface area contributed by atoms with Crippen molar-refractivity contribution in [3.8, 4) is 0 Å². The van der Waals surface area contributed by atoms with E-state index in [1.54, 1.807) is 0 Å². The van der Waals surface area contributed by atoms with Gasteiger partial charge in [-0.25, -0.2) is 0 Å². The molecule has 14 heavy (non-hydrogen) atoms. The van der Waals surface area contributed by atoms with Gasteiger partial charge < -0.3 is 11.5 Å². The summed E-state index contributed by atoms with van der Waals surface area (Å²) >= 11 is 0. The Balaban J connectivity index is 4.74. The van der Waals surface area contributed by atoms with Gasteiger partial charge in [-0.05, 0) is 45.4 Å². The molecule has 2 nitrogen and oxygen atoms in total. The van der Waals surface area contributed by atoms with E-state index in [-0.39, 0.29) is 16.5 Å². The molecule has 0 spiro atoms. The standard InChI is InChI=1S/C12H28N2/c1-7-11(5,10(3,4)13)9-12(6,14)8-2/h7-9,13-14H2,1-6H3. The highest BCUT2D eigenvalue weighted by atomic mass is 14.8. The van der Waals surface area contributed by atoms with Crippen LogP contribution < -0.4 is 11.5 Å². The Morgan fingerprint density at radius 3 is 1.50 bits per heavy atom. The van der Waals surface area contributed by atoms with Crippen LogP contribution in [0.5, 0.6) is 0 Å². The summed E-state index contributed by atoms with van der Waals surface area (Å²) in [5.41, 5.74) is 12.3. The van der Waals surface area contributed by atoms with Gasteiger partial charge >= 0.3 is 0 Å². The quantitative estimate of drug-likeness (QED) is 0.717. The molecule has 2 atom stereocenters. The predicted octanol–water partition coefficient (Wildman–Crippen LogP) is 2.66. The highest BCUT2D eigenvalue weighted by molar-refractivity contribution is 4.97. The fourth-order valence-electron chi connectivity index (χ4n) is 1.82. The van der Waals surface area contributed by atoms with Crippen molar-refractivity contribution in [2.75, 3.05) is 0 Å². The van der Waals surface area contributed by atoms with E-state index in [0.29, 0.717) is 0 Å². The van der Waals surface area contributed by atoms with E-state index < -0.39 is 0 Å². The topological polar surface area (TPSA) is 52.0 Å². The number of hydrogen-bond donors (Lipinski definition) is 2. The first kappa shape index (κ1) is 13.9. The van der Waals surface area contributed by atoms with Gasteiger partial charge in [0.1, 0.15) is 0 Å². The van der Waals surface area contributed by atoms with E-state index in [2.05, 4.69) is 41.5 Å². The number of rotatable bonds is 5. The summed E-state index contributed by atoms with van der Waals surface area (Å²) in [4.78, 5) is 0. The second-order valence-corrected chi connectivity index (χ2v) is 5.82. The zero-order valence-corrected chi connectivity index (χ0v) is 10.8. The van der Waals surface area contributed by atoms with Crippen LogP contribution in [0.3, 0.4) is 0 Å². The maximum absolute atomic E-state index is 6.23. The Morgan fingerprint density at radius 1 is 0.857 bits per heavy atom. The summed E-state index contributed by atoms with van der Waals surface area (Å²) in [7, 11) is 0. The van der Waals surface area contributed by atoms with E-state index in [1.807, 2.05) is 0 Å². The van der Waals surface area contributed by atoms with Crippen LogP contribution in [0.15, 0.2) is 0 Å². The van der Waals surface area contributed by atoms with E-state index in [9.17, 15) is 0 Å². The molecule has 0 aromatic carbocycles. The average Bonchev–Trinajstić information content (AvgIpc) is 2.01. The van der Waals surface area contributed by atoms with Gasteiger partial charge in [-0.1, -0.05) is 20.8 Å². The van der Waals surface area contributed by atoms with Crippen LogP contribution in [0.25, 0.3) is 0 Å². The maximum atomic E-state index is 6.23. The minimum Gasteiger partial charge on any atom is -0.325 e. The average molecular weight is 200 g/mol. The van der Waals surface area contributed by atoms with Crippen molar-refractivity contribution in [2.45, 2.75) is 71.9 Å². The molecule has 0 amide bonds. The van der Waals surface area contributed by atoms with Gasteiger partial charge in [0.15, 0.2) is 0 Å². The van der Waals surface area contributed by atoms with Crippen molar-refractivity contribution in [2.24, 2.45) is 16.9 Å². The second-order valence-electron chi connectivity index (χ2n) is 5.82. The van der Waals surface area contributed by atoms with Crippen LogP contribution in [0.4, 0.5) is 0 Å².